The minimum absolute atomic E-state index is 0.0612. The monoisotopic (exact) mass is 432 g/mol. The number of carbonyl (C=O) groups excluding carboxylic acids is 1. The van der Waals surface area contributed by atoms with E-state index in [1.165, 1.54) is 4.90 Å². The lowest BCUT2D eigenvalue weighted by Crippen LogP contribution is -2.43. The van der Waals surface area contributed by atoms with Crippen LogP contribution < -0.4 is 5.32 Å². The summed E-state index contributed by atoms with van der Waals surface area (Å²) in [4.78, 5) is 14.1. The summed E-state index contributed by atoms with van der Waals surface area (Å²) in [7, 11) is 0. The maximum atomic E-state index is 12.6. The van der Waals surface area contributed by atoms with Gasteiger partial charge in [-0.3, -0.25) is 4.79 Å². The number of nitrogens with zero attached hydrogens (tertiary/aromatic N) is 3. The van der Waals surface area contributed by atoms with Crippen LogP contribution in [0.3, 0.4) is 0 Å². The molecular weight excluding hydrogens is 413 g/mol. The molecule has 1 aromatic carbocycles. The zero-order valence-corrected chi connectivity index (χ0v) is 16.5. The van der Waals surface area contributed by atoms with Crippen molar-refractivity contribution in [1.82, 2.24) is 15.1 Å². The number of hydrogen-bond donors (Lipinski definition) is 1. The van der Waals surface area contributed by atoms with E-state index in [1.54, 1.807) is 38.1 Å². The van der Waals surface area contributed by atoms with Crippen molar-refractivity contribution in [3.8, 4) is 11.5 Å². The Morgan fingerprint density at radius 1 is 1.38 bits per heavy atom. The van der Waals surface area contributed by atoms with Crippen LogP contribution in [0.25, 0.3) is 11.5 Å². The first-order chi connectivity index (χ1) is 13.5. The van der Waals surface area contributed by atoms with E-state index < -0.39 is 24.4 Å². The van der Waals surface area contributed by atoms with Crippen LogP contribution in [0.5, 0.6) is 0 Å². The Morgan fingerprint density at radius 3 is 2.72 bits per heavy atom. The Hall–Kier alpha value is -2.33. The molecule has 1 N–H and O–H groups in total. The first-order valence-corrected chi connectivity index (χ1v) is 9.28. The van der Waals surface area contributed by atoms with Crippen LogP contribution in [-0.2, 0) is 9.53 Å². The van der Waals surface area contributed by atoms with Gasteiger partial charge in [0.25, 0.3) is 0 Å². The van der Waals surface area contributed by atoms with Gasteiger partial charge in [0.1, 0.15) is 12.6 Å². The number of likely N-dealkylation sites (tertiary alicyclic amines) is 1. The summed E-state index contributed by atoms with van der Waals surface area (Å²) in [6, 6.07) is 6.17. The zero-order valence-electron chi connectivity index (χ0n) is 15.8. The van der Waals surface area contributed by atoms with Gasteiger partial charge in [0.05, 0.1) is 5.60 Å². The highest BCUT2D eigenvalue weighted by atomic mass is 35.5. The molecule has 3 rings (SSSR count). The van der Waals surface area contributed by atoms with Crippen LogP contribution in [0.2, 0.25) is 5.02 Å². The Labute approximate surface area is 170 Å². The van der Waals surface area contributed by atoms with E-state index in [0.29, 0.717) is 23.6 Å². The molecule has 1 aliphatic rings. The Kier molecular flexibility index (Phi) is 6.04. The van der Waals surface area contributed by atoms with Gasteiger partial charge in [0.15, 0.2) is 0 Å². The van der Waals surface area contributed by atoms with Gasteiger partial charge in [0, 0.05) is 23.7 Å². The van der Waals surface area contributed by atoms with E-state index in [2.05, 4.69) is 15.5 Å². The molecule has 2 atom stereocenters. The highest BCUT2D eigenvalue weighted by molar-refractivity contribution is 6.30. The normalized spacial score (nSPS) is 20.7. The Morgan fingerprint density at radius 2 is 2.07 bits per heavy atom. The van der Waals surface area contributed by atoms with Crippen molar-refractivity contribution in [2.75, 3.05) is 25.0 Å². The summed E-state index contributed by atoms with van der Waals surface area (Å²) in [6.45, 7) is 2.23. The van der Waals surface area contributed by atoms with Gasteiger partial charge in [-0.2, -0.15) is 13.2 Å². The molecule has 2 aromatic rings. The van der Waals surface area contributed by atoms with Gasteiger partial charge in [-0.15, -0.1) is 5.10 Å². The van der Waals surface area contributed by atoms with Crippen molar-refractivity contribution in [1.29, 1.82) is 0 Å². The van der Waals surface area contributed by atoms with E-state index >= 15 is 0 Å². The number of amides is 1. The fourth-order valence-corrected chi connectivity index (χ4v) is 3.13. The molecule has 2 heterocycles. The fourth-order valence-electron chi connectivity index (χ4n) is 3.01. The maximum absolute atomic E-state index is 12.6. The summed E-state index contributed by atoms with van der Waals surface area (Å²) in [5.41, 5.74) is -0.358. The number of nitrogens with one attached hydrogen (secondary N) is 1. The molecular formula is C18H20ClF3N4O3. The molecule has 1 fully saturated rings. The molecule has 0 radical (unpaired) electrons. The second kappa shape index (κ2) is 8.19. The van der Waals surface area contributed by atoms with Gasteiger partial charge in [0.2, 0.25) is 11.8 Å². The van der Waals surface area contributed by atoms with Gasteiger partial charge in [-0.25, -0.2) is 0 Å². The molecule has 0 spiro atoms. The lowest BCUT2D eigenvalue weighted by atomic mass is 10.1. The van der Waals surface area contributed by atoms with Crippen molar-refractivity contribution in [3.05, 3.63) is 29.3 Å². The van der Waals surface area contributed by atoms with Crippen molar-refractivity contribution < 1.29 is 27.1 Å². The summed E-state index contributed by atoms with van der Waals surface area (Å²) in [5, 5.41) is 11.2. The molecule has 7 nitrogen and oxygen atoms in total. The molecule has 11 heteroatoms. The summed E-state index contributed by atoms with van der Waals surface area (Å²) in [5.74, 6) is -0.0336. The quantitative estimate of drug-likeness (QED) is 0.748. The molecule has 0 unspecified atom stereocenters. The molecule has 158 valence electrons. The Balaban J connectivity index is 1.56. The van der Waals surface area contributed by atoms with Crippen molar-refractivity contribution in [3.63, 3.8) is 0 Å². The average molecular weight is 433 g/mol. The second-order valence-electron chi connectivity index (χ2n) is 7.15. The number of ether oxygens (including phenoxy) is 1. The molecule has 0 saturated carbocycles. The number of alkyl halides is 3. The van der Waals surface area contributed by atoms with Crippen LogP contribution >= 0.6 is 11.6 Å². The maximum Gasteiger partial charge on any atom is 0.411 e. The predicted molar refractivity (Wildman–Crippen MR) is 99.4 cm³/mol. The largest absolute Gasteiger partial charge is 0.411 e. The van der Waals surface area contributed by atoms with E-state index in [4.69, 9.17) is 20.8 Å². The number of aromatic nitrogens is 2. The van der Waals surface area contributed by atoms with E-state index in [9.17, 15) is 18.0 Å². The van der Waals surface area contributed by atoms with Gasteiger partial charge in [-0.1, -0.05) is 16.7 Å². The minimum Gasteiger partial charge on any atom is -0.403 e. The van der Waals surface area contributed by atoms with Gasteiger partial charge >= 0.3 is 12.2 Å². The summed E-state index contributed by atoms with van der Waals surface area (Å²) in [6.07, 6.45) is -4.09. The smallest absolute Gasteiger partial charge is 0.403 e. The zero-order chi connectivity index (χ0) is 21.2. The third kappa shape index (κ3) is 5.60. The van der Waals surface area contributed by atoms with Crippen molar-refractivity contribution >= 4 is 23.5 Å². The summed E-state index contributed by atoms with van der Waals surface area (Å²) >= 11 is 5.85. The Bertz CT molecular complexity index is 859. The van der Waals surface area contributed by atoms with E-state index in [0.717, 1.165) is 0 Å². The number of carbonyl (C=O) groups is 1. The van der Waals surface area contributed by atoms with Crippen molar-refractivity contribution in [2.45, 2.75) is 38.1 Å². The third-order valence-corrected chi connectivity index (χ3v) is 4.81. The van der Waals surface area contributed by atoms with Crippen molar-refractivity contribution in [2.24, 2.45) is 0 Å². The molecule has 29 heavy (non-hydrogen) atoms. The lowest BCUT2D eigenvalue weighted by molar-refractivity contribution is -0.200. The van der Waals surface area contributed by atoms with Gasteiger partial charge in [-0.05, 0) is 44.5 Å². The van der Waals surface area contributed by atoms with E-state index in [1.807, 2.05) is 0 Å². The molecule has 1 saturated heterocycles. The SMILES string of the molecule is C[C@@H](Nc1nnc(-c2ccc(Cl)cc2)o1)C(=O)N1CC[C@](C)(OCC(F)(F)F)C1. The second-order valence-corrected chi connectivity index (χ2v) is 7.59. The minimum atomic E-state index is -4.41. The summed E-state index contributed by atoms with van der Waals surface area (Å²) < 4.78 is 47.7. The number of anilines is 1. The van der Waals surface area contributed by atoms with Crippen LogP contribution in [0.15, 0.2) is 28.7 Å². The highest BCUT2D eigenvalue weighted by Crippen LogP contribution is 2.29. The van der Waals surface area contributed by atoms with E-state index in [-0.39, 0.29) is 24.4 Å². The fraction of sp³-hybridized carbons (Fsp3) is 0.500. The number of benzene rings is 1. The predicted octanol–water partition coefficient (Wildman–Crippen LogP) is 3.76. The number of halogens is 4. The van der Waals surface area contributed by atoms with Gasteiger partial charge < -0.3 is 19.4 Å². The molecule has 1 aliphatic heterocycles. The molecule has 1 aromatic heterocycles. The number of rotatable bonds is 6. The number of hydrogen-bond acceptors (Lipinski definition) is 6. The van der Waals surface area contributed by atoms with Crippen LogP contribution in [0.1, 0.15) is 20.3 Å². The first-order valence-electron chi connectivity index (χ1n) is 8.90. The molecule has 0 aliphatic carbocycles. The average Bonchev–Trinajstić information content (AvgIpc) is 3.27. The standard InChI is InChI=1S/C18H20ClF3N4O3/c1-11(15(27)26-8-7-17(2,9-26)28-10-18(20,21)22)23-16-25-24-14(29-16)12-3-5-13(19)6-4-12/h3-6,11H,7-10H2,1-2H3,(H,23,25)/t11-,17+/m1/s1. The lowest BCUT2D eigenvalue weighted by Gasteiger charge is -2.27. The highest BCUT2D eigenvalue weighted by Gasteiger charge is 2.41. The van der Waals surface area contributed by atoms with Crippen LogP contribution in [-0.4, -0.2) is 58.5 Å². The van der Waals surface area contributed by atoms with Crippen LogP contribution in [0, 0.1) is 0 Å². The molecule has 1 amide bonds. The first kappa shape index (κ1) is 21.4. The third-order valence-electron chi connectivity index (χ3n) is 4.56. The topological polar surface area (TPSA) is 80.5 Å². The molecule has 0 bridgehead atoms. The van der Waals surface area contributed by atoms with Crippen LogP contribution in [0.4, 0.5) is 19.2 Å².